The molecular weight excluding hydrogens is 255 g/mol. The molecule has 0 aliphatic rings. The highest BCUT2D eigenvalue weighted by molar-refractivity contribution is 5.97. The van der Waals surface area contributed by atoms with Gasteiger partial charge in [-0.15, -0.1) is 0 Å². The third-order valence-corrected chi connectivity index (χ3v) is 3.23. The lowest BCUT2D eigenvalue weighted by atomic mass is 9.90. The first kappa shape index (κ1) is 14.6. The minimum Gasteiger partial charge on any atom is -0.496 e. The average molecular weight is 276 g/mol. The standard InChI is InChI=1S/C16H21FN2O/c1-6-18-11-9-13(16(2,3)4)19-15-10(17)7-8-12(20-5)14(11)15/h7-9H,6H2,1-5H3,(H,18,19). The van der Waals surface area contributed by atoms with Crippen LogP contribution in [0.2, 0.25) is 0 Å². The number of rotatable bonds is 3. The second kappa shape index (κ2) is 5.27. The molecule has 1 N–H and O–H groups in total. The van der Waals surface area contributed by atoms with Crippen molar-refractivity contribution in [2.24, 2.45) is 0 Å². The highest BCUT2D eigenvalue weighted by Crippen LogP contribution is 2.36. The van der Waals surface area contributed by atoms with Crippen molar-refractivity contribution in [3.05, 3.63) is 29.7 Å². The van der Waals surface area contributed by atoms with Gasteiger partial charge < -0.3 is 10.1 Å². The Morgan fingerprint density at radius 1 is 1.30 bits per heavy atom. The van der Waals surface area contributed by atoms with Crippen LogP contribution in [0.3, 0.4) is 0 Å². The molecule has 0 spiro atoms. The van der Waals surface area contributed by atoms with Gasteiger partial charge in [0.25, 0.3) is 0 Å². The zero-order valence-corrected chi connectivity index (χ0v) is 12.7. The van der Waals surface area contributed by atoms with Crippen molar-refractivity contribution in [3.63, 3.8) is 0 Å². The molecule has 0 aliphatic carbocycles. The van der Waals surface area contributed by atoms with E-state index in [4.69, 9.17) is 4.74 Å². The van der Waals surface area contributed by atoms with E-state index in [1.54, 1.807) is 13.2 Å². The molecule has 1 aromatic heterocycles. The van der Waals surface area contributed by atoms with Crippen LogP contribution in [0.15, 0.2) is 18.2 Å². The van der Waals surface area contributed by atoms with Crippen LogP contribution in [0, 0.1) is 5.82 Å². The Bertz CT molecular complexity index is 632. The summed E-state index contributed by atoms with van der Waals surface area (Å²) in [5.74, 6) is 0.302. The zero-order valence-electron chi connectivity index (χ0n) is 12.7. The van der Waals surface area contributed by atoms with Gasteiger partial charge in [-0.1, -0.05) is 20.8 Å². The van der Waals surface area contributed by atoms with Gasteiger partial charge in [0.05, 0.1) is 12.5 Å². The molecule has 2 aromatic rings. The summed E-state index contributed by atoms with van der Waals surface area (Å²) in [5.41, 5.74) is 1.92. The summed E-state index contributed by atoms with van der Waals surface area (Å²) >= 11 is 0. The monoisotopic (exact) mass is 276 g/mol. The lowest BCUT2D eigenvalue weighted by Crippen LogP contribution is -2.15. The predicted octanol–water partition coefficient (Wildman–Crippen LogP) is 4.11. The van der Waals surface area contributed by atoms with Crippen LogP contribution in [0.1, 0.15) is 33.4 Å². The summed E-state index contributed by atoms with van der Waals surface area (Å²) < 4.78 is 19.5. The number of anilines is 1. The smallest absolute Gasteiger partial charge is 0.149 e. The molecule has 0 bridgehead atoms. The van der Waals surface area contributed by atoms with Crippen molar-refractivity contribution >= 4 is 16.6 Å². The lowest BCUT2D eigenvalue weighted by Gasteiger charge is -2.21. The van der Waals surface area contributed by atoms with E-state index in [9.17, 15) is 4.39 Å². The van der Waals surface area contributed by atoms with E-state index in [1.165, 1.54) is 6.07 Å². The number of benzene rings is 1. The summed E-state index contributed by atoms with van der Waals surface area (Å²) in [6.45, 7) is 8.95. The Kier molecular flexibility index (Phi) is 3.84. The second-order valence-corrected chi connectivity index (χ2v) is 5.81. The summed E-state index contributed by atoms with van der Waals surface area (Å²) in [4.78, 5) is 4.50. The van der Waals surface area contributed by atoms with E-state index in [1.807, 2.05) is 13.0 Å². The van der Waals surface area contributed by atoms with E-state index in [0.29, 0.717) is 16.7 Å². The summed E-state index contributed by atoms with van der Waals surface area (Å²) in [5, 5.41) is 3.97. The number of pyridine rings is 1. The molecule has 0 amide bonds. The average Bonchev–Trinajstić information content (AvgIpc) is 2.39. The molecule has 2 rings (SSSR count). The van der Waals surface area contributed by atoms with E-state index >= 15 is 0 Å². The van der Waals surface area contributed by atoms with Gasteiger partial charge >= 0.3 is 0 Å². The Hall–Kier alpha value is -1.84. The SMILES string of the molecule is CCNc1cc(C(C)(C)C)nc2c(F)ccc(OC)c12. The van der Waals surface area contributed by atoms with Gasteiger partial charge in [0, 0.05) is 23.3 Å². The molecule has 0 fully saturated rings. The Balaban J connectivity index is 2.84. The van der Waals surface area contributed by atoms with Crippen LogP contribution in [0.5, 0.6) is 5.75 Å². The van der Waals surface area contributed by atoms with Crippen molar-refractivity contribution in [2.75, 3.05) is 19.0 Å². The fraction of sp³-hybridized carbons (Fsp3) is 0.438. The predicted molar refractivity (Wildman–Crippen MR) is 81.1 cm³/mol. The maximum absolute atomic E-state index is 14.1. The Morgan fingerprint density at radius 2 is 2.00 bits per heavy atom. The van der Waals surface area contributed by atoms with Crippen LogP contribution >= 0.6 is 0 Å². The third-order valence-electron chi connectivity index (χ3n) is 3.23. The molecule has 0 saturated carbocycles. The second-order valence-electron chi connectivity index (χ2n) is 5.81. The third kappa shape index (κ3) is 2.55. The molecule has 0 atom stereocenters. The van der Waals surface area contributed by atoms with Crippen LogP contribution in [-0.2, 0) is 5.41 Å². The molecule has 108 valence electrons. The minimum absolute atomic E-state index is 0.145. The number of aromatic nitrogens is 1. The van der Waals surface area contributed by atoms with Gasteiger partial charge in [-0.2, -0.15) is 0 Å². The number of halogens is 1. The fourth-order valence-corrected chi connectivity index (χ4v) is 2.16. The number of hydrogen-bond acceptors (Lipinski definition) is 3. The number of hydrogen-bond donors (Lipinski definition) is 1. The van der Waals surface area contributed by atoms with Crippen LogP contribution < -0.4 is 10.1 Å². The fourth-order valence-electron chi connectivity index (χ4n) is 2.16. The quantitative estimate of drug-likeness (QED) is 0.916. The molecule has 1 heterocycles. The highest BCUT2D eigenvalue weighted by atomic mass is 19.1. The molecule has 0 aliphatic heterocycles. The first-order valence-electron chi connectivity index (χ1n) is 6.80. The largest absolute Gasteiger partial charge is 0.496 e. The van der Waals surface area contributed by atoms with E-state index in [2.05, 4.69) is 31.1 Å². The first-order valence-corrected chi connectivity index (χ1v) is 6.80. The van der Waals surface area contributed by atoms with E-state index in [-0.39, 0.29) is 11.2 Å². The van der Waals surface area contributed by atoms with Gasteiger partial charge in [0.15, 0.2) is 0 Å². The van der Waals surface area contributed by atoms with Gasteiger partial charge in [0.2, 0.25) is 0 Å². The Labute approximate surface area is 119 Å². The van der Waals surface area contributed by atoms with Crippen molar-refractivity contribution in [1.82, 2.24) is 4.98 Å². The zero-order chi connectivity index (χ0) is 14.9. The molecule has 0 saturated heterocycles. The molecule has 0 unspecified atom stereocenters. The van der Waals surface area contributed by atoms with Gasteiger partial charge in [-0.25, -0.2) is 9.37 Å². The highest BCUT2D eigenvalue weighted by Gasteiger charge is 2.20. The molecular formula is C16H21FN2O. The maximum Gasteiger partial charge on any atom is 0.149 e. The van der Waals surface area contributed by atoms with E-state index < -0.39 is 0 Å². The van der Waals surface area contributed by atoms with Crippen molar-refractivity contribution in [1.29, 1.82) is 0 Å². The van der Waals surface area contributed by atoms with E-state index in [0.717, 1.165) is 17.9 Å². The molecule has 0 radical (unpaired) electrons. The number of nitrogens with one attached hydrogen (secondary N) is 1. The van der Waals surface area contributed by atoms with Crippen molar-refractivity contribution < 1.29 is 9.13 Å². The van der Waals surface area contributed by atoms with Gasteiger partial charge in [-0.3, -0.25) is 0 Å². The number of methoxy groups -OCH3 is 1. The van der Waals surface area contributed by atoms with Gasteiger partial charge in [0.1, 0.15) is 17.1 Å². The first-order chi connectivity index (χ1) is 9.38. The van der Waals surface area contributed by atoms with Crippen LogP contribution in [0.4, 0.5) is 10.1 Å². The van der Waals surface area contributed by atoms with Crippen molar-refractivity contribution in [2.45, 2.75) is 33.1 Å². The minimum atomic E-state index is -0.328. The molecule has 20 heavy (non-hydrogen) atoms. The maximum atomic E-state index is 14.1. The topological polar surface area (TPSA) is 34.2 Å². The molecule has 1 aromatic carbocycles. The number of ether oxygens (including phenoxy) is 1. The summed E-state index contributed by atoms with van der Waals surface area (Å²) in [7, 11) is 1.58. The van der Waals surface area contributed by atoms with Gasteiger partial charge in [-0.05, 0) is 25.1 Å². The Morgan fingerprint density at radius 3 is 2.55 bits per heavy atom. The normalized spacial score (nSPS) is 11.7. The van der Waals surface area contributed by atoms with Crippen molar-refractivity contribution in [3.8, 4) is 5.75 Å². The summed E-state index contributed by atoms with van der Waals surface area (Å²) in [6.07, 6.45) is 0. The molecule has 4 heteroatoms. The number of nitrogens with zero attached hydrogens (tertiary/aromatic N) is 1. The lowest BCUT2D eigenvalue weighted by molar-refractivity contribution is 0.419. The van der Waals surface area contributed by atoms with Crippen LogP contribution in [0.25, 0.3) is 10.9 Å². The number of fused-ring (bicyclic) bond motifs is 1. The van der Waals surface area contributed by atoms with Crippen LogP contribution in [-0.4, -0.2) is 18.6 Å². The molecule has 3 nitrogen and oxygen atoms in total. The summed E-state index contributed by atoms with van der Waals surface area (Å²) in [6, 6.07) is 5.01.